The van der Waals surface area contributed by atoms with Crippen LogP contribution in [-0.4, -0.2) is 48.3 Å². The SMILES string of the molecule is CC(=O)Oc1c(C)c(C)c2c(c1C)CCC(C)(CN(C)CCO)O2. The number of carbonyl (C=O) groups is 1. The van der Waals surface area contributed by atoms with Gasteiger partial charge in [0.25, 0.3) is 0 Å². The van der Waals surface area contributed by atoms with Crippen LogP contribution >= 0.6 is 0 Å². The van der Waals surface area contributed by atoms with Crippen molar-refractivity contribution >= 4 is 5.97 Å². The summed E-state index contributed by atoms with van der Waals surface area (Å²) >= 11 is 0. The predicted octanol–water partition coefficient (Wildman–Crippen LogP) is 2.54. The van der Waals surface area contributed by atoms with Gasteiger partial charge in [-0.2, -0.15) is 0 Å². The van der Waals surface area contributed by atoms with E-state index in [0.717, 1.165) is 47.4 Å². The molecular weight excluding hydrogens is 306 g/mol. The van der Waals surface area contributed by atoms with E-state index >= 15 is 0 Å². The summed E-state index contributed by atoms with van der Waals surface area (Å²) in [4.78, 5) is 13.5. The Morgan fingerprint density at radius 3 is 2.54 bits per heavy atom. The molecule has 0 spiro atoms. The van der Waals surface area contributed by atoms with Crippen LogP contribution in [0.4, 0.5) is 0 Å². The number of nitrogens with zero attached hydrogens (tertiary/aromatic N) is 1. The molecule has 5 nitrogen and oxygen atoms in total. The molecule has 0 aromatic heterocycles. The fraction of sp³-hybridized carbons (Fsp3) is 0.632. The number of hydrogen-bond acceptors (Lipinski definition) is 5. The van der Waals surface area contributed by atoms with Gasteiger partial charge in [0.2, 0.25) is 0 Å². The Hall–Kier alpha value is -1.59. The minimum Gasteiger partial charge on any atom is -0.486 e. The van der Waals surface area contributed by atoms with Gasteiger partial charge in [0.1, 0.15) is 17.1 Å². The van der Waals surface area contributed by atoms with E-state index < -0.39 is 0 Å². The number of hydrogen-bond donors (Lipinski definition) is 1. The second-order valence-electron chi connectivity index (χ2n) is 7.12. The molecule has 0 saturated heterocycles. The van der Waals surface area contributed by atoms with Crippen LogP contribution in [0.3, 0.4) is 0 Å². The van der Waals surface area contributed by atoms with E-state index in [9.17, 15) is 4.79 Å². The molecule has 2 rings (SSSR count). The summed E-state index contributed by atoms with van der Waals surface area (Å²) < 4.78 is 11.9. The monoisotopic (exact) mass is 335 g/mol. The van der Waals surface area contributed by atoms with Crippen LogP contribution in [0, 0.1) is 20.8 Å². The summed E-state index contributed by atoms with van der Waals surface area (Å²) in [6.45, 7) is 11.1. The molecule has 1 atom stereocenters. The third kappa shape index (κ3) is 3.73. The first-order valence-corrected chi connectivity index (χ1v) is 8.48. The van der Waals surface area contributed by atoms with E-state index in [2.05, 4.69) is 11.8 Å². The van der Waals surface area contributed by atoms with E-state index in [4.69, 9.17) is 14.6 Å². The van der Waals surface area contributed by atoms with Gasteiger partial charge in [-0.3, -0.25) is 4.79 Å². The minimum atomic E-state index is -0.298. The van der Waals surface area contributed by atoms with Gasteiger partial charge in [0.05, 0.1) is 6.61 Å². The van der Waals surface area contributed by atoms with Crippen molar-refractivity contribution < 1.29 is 19.4 Å². The molecule has 1 unspecified atom stereocenters. The zero-order chi connectivity index (χ0) is 18.1. The molecule has 0 amide bonds. The van der Waals surface area contributed by atoms with Gasteiger partial charge in [0.15, 0.2) is 0 Å². The summed E-state index contributed by atoms with van der Waals surface area (Å²) in [5.41, 5.74) is 3.83. The lowest BCUT2D eigenvalue weighted by molar-refractivity contribution is -0.132. The van der Waals surface area contributed by atoms with Crippen LogP contribution in [0.5, 0.6) is 11.5 Å². The number of aliphatic hydroxyl groups is 1. The molecule has 0 radical (unpaired) electrons. The number of rotatable bonds is 5. The summed E-state index contributed by atoms with van der Waals surface area (Å²) in [7, 11) is 1.99. The molecule has 24 heavy (non-hydrogen) atoms. The van der Waals surface area contributed by atoms with Gasteiger partial charge in [0, 0.05) is 25.6 Å². The van der Waals surface area contributed by atoms with Crippen molar-refractivity contribution in [1.29, 1.82) is 0 Å². The van der Waals surface area contributed by atoms with Gasteiger partial charge in [-0.25, -0.2) is 0 Å². The van der Waals surface area contributed by atoms with Crippen molar-refractivity contribution in [1.82, 2.24) is 4.90 Å². The second-order valence-corrected chi connectivity index (χ2v) is 7.12. The number of carbonyl (C=O) groups excluding carboxylic acids is 1. The highest BCUT2D eigenvalue weighted by molar-refractivity contribution is 5.72. The number of aliphatic hydroxyl groups excluding tert-OH is 1. The molecule has 0 aliphatic carbocycles. The van der Waals surface area contributed by atoms with Crippen LogP contribution in [0.25, 0.3) is 0 Å². The number of likely N-dealkylation sites (N-methyl/N-ethyl adjacent to an activating group) is 1. The average Bonchev–Trinajstić information content (AvgIpc) is 2.49. The standard InChI is InChI=1S/C19H29NO4/c1-12-13(2)18-16(14(3)17(12)23-15(4)22)7-8-19(5,24-18)11-20(6)9-10-21/h21H,7-11H2,1-6H3. The maximum absolute atomic E-state index is 11.4. The molecule has 134 valence electrons. The smallest absolute Gasteiger partial charge is 0.308 e. The number of esters is 1. The minimum absolute atomic E-state index is 0.145. The topological polar surface area (TPSA) is 59.0 Å². The lowest BCUT2D eigenvalue weighted by atomic mass is 9.87. The Labute approximate surface area is 144 Å². The third-order valence-electron chi connectivity index (χ3n) is 4.90. The Bertz CT molecular complexity index is 641. The first-order chi connectivity index (χ1) is 11.2. The Kier molecular flexibility index (Phi) is 5.56. The lowest BCUT2D eigenvalue weighted by Gasteiger charge is -2.40. The summed E-state index contributed by atoms with van der Waals surface area (Å²) in [6.07, 6.45) is 1.78. The first kappa shape index (κ1) is 18.7. The molecule has 1 aromatic carbocycles. The number of ether oxygens (including phenoxy) is 2. The van der Waals surface area contributed by atoms with Gasteiger partial charge in [-0.15, -0.1) is 0 Å². The van der Waals surface area contributed by atoms with E-state index in [1.54, 1.807) is 0 Å². The molecule has 1 aromatic rings. The molecule has 0 saturated carbocycles. The summed E-state index contributed by atoms with van der Waals surface area (Å²) in [5, 5.41) is 9.10. The van der Waals surface area contributed by atoms with E-state index in [1.165, 1.54) is 6.92 Å². The summed E-state index contributed by atoms with van der Waals surface area (Å²) in [6, 6.07) is 0. The van der Waals surface area contributed by atoms with Gasteiger partial charge in [-0.1, -0.05) is 0 Å². The highest BCUT2D eigenvalue weighted by Gasteiger charge is 2.35. The highest BCUT2D eigenvalue weighted by Crippen LogP contribution is 2.43. The van der Waals surface area contributed by atoms with E-state index in [-0.39, 0.29) is 18.2 Å². The Morgan fingerprint density at radius 2 is 1.96 bits per heavy atom. The summed E-state index contributed by atoms with van der Waals surface area (Å²) in [5.74, 6) is 1.29. The molecule has 1 aliphatic rings. The fourth-order valence-corrected chi connectivity index (χ4v) is 3.51. The Balaban J connectivity index is 2.37. The third-order valence-corrected chi connectivity index (χ3v) is 4.90. The first-order valence-electron chi connectivity index (χ1n) is 8.48. The molecule has 0 bridgehead atoms. The molecule has 1 N–H and O–H groups in total. The molecule has 1 aliphatic heterocycles. The normalized spacial score (nSPS) is 19.8. The average molecular weight is 335 g/mol. The highest BCUT2D eigenvalue weighted by atomic mass is 16.5. The van der Waals surface area contributed by atoms with Crippen molar-refractivity contribution in [3.8, 4) is 11.5 Å². The maximum Gasteiger partial charge on any atom is 0.308 e. The van der Waals surface area contributed by atoms with Crippen molar-refractivity contribution in [2.24, 2.45) is 0 Å². The van der Waals surface area contributed by atoms with Gasteiger partial charge in [-0.05, 0) is 64.3 Å². The van der Waals surface area contributed by atoms with Crippen LogP contribution in [0.2, 0.25) is 0 Å². The molecule has 5 heteroatoms. The van der Waals surface area contributed by atoms with Gasteiger partial charge >= 0.3 is 5.97 Å². The molecule has 0 fully saturated rings. The zero-order valence-corrected chi connectivity index (χ0v) is 15.7. The van der Waals surface area contributed by atoms with Crippen molar-refractivity contribution in [3.05, 3.63) is 22.3 Å². The second kappa shape index (κ2) is 7.11. The quantitative estimate of drug-likeness (QED) is 0.662. The fourth-order valence-electron chi connectivity index (χ4n) is 3.51. The van der Waals surface area contributed by atoms with Crippen molar-refractivity contribution in [2.75, 3.05) is 26.7 Å². The van der Waals surface area contributed by atoms with Crippen LogP contribution < -0.4 is 9.47 Å². The van der Waals surface area contributed by atoms with Crippen LogP contribution in [-0.2, 0) is 11.2 Å². The van der Waals surface area contributed by atoms with Crippen molar-refractivity contribution in [3.63, 3.8) is 0 Å². The largest absolute Gasteiger partial charge is 0.486 e. The van der Waals surface area contributed by atoms with Gasteiger partial charge < -0.3 is 19.5 Å². The van der Waals surface area contributed by atoms with Crippen LogP contribution in [0.15, 0.2) is 0 Å². The number of benzene rings is 1. The molecular formula is C19H29NO4. The number of fused-ring (bicyclic) bond motifs is 1. The van der Waals surface area contributed by atoms with E-state index in [1.807, 2.05) is 27.8 Å². The Morgan fingerprint density at radius 1 is 1.29 bits per heavy atom. The zero-order valence-electron chi connectivity index (χ0n) is 15.7. The maximum atomic E-state index is 11.4. The predicted molar refractivity (Wildman–Crippen MR) is 93.9 cm³/mol. The van der Waals surface area contributed by atoms with Crippen molar-refractivity contribution in [2.45, 2.75) is 53.1 Å². The van der Waals surface area contributed by atoms with E-state index in [0.29, 0.717) is 12.3 Å². The van der Waals surface area contributed by atoms with Crippen LogP contribution in [0.1, 0.15) is 42.5 Å². The molecule has 1 heterocycles. The lowest BCUT2D eigenvalue weighted by Crippen LogP contribution is -2.47.